The normalized spacial score (nSPS) is 13.6. The maximum atomic E-state index is 11.5. The van der Waals surface area contributed by atoms with Crippen LogP contribution < -0.4 is 11.1 Å². The minimum atomic E-state index is -1.15. The Hall–Kier alpha value is -1.73. The third kappa shape index (κ3) is 4.80. The predicted molar refractivity (Wildman–Crippen MR) is 73.2 cm³/mol. The zero-order valence-corrected chi connectivity index (χ0v) is 11.0. The van der Waals surface area contributed by atoms with Gasteiger partial charge in [0.05, 0.1) is 6.04 Å². The van der Waals surface area contributed by atoms with Crippen molar-refractivity contribution in [1.82, 2.24) is 5.32 Å². The average Bonchev–Trinajstić information content (AvgIpc) is 2.39. The summed E-state index contributed by atoms with van der Waals surface area (Å²) in [5, 5.41) is 20.6. The molecule has 0 heterocycles. The molecular weight excluding hydrogens is 268 g/mol. The maximum absolute atomic E-state index is 11.5. The van der Waals surface area contributed by atoms with Gasteiger partial charge in [-0.15, -0.1) is 0 Å². The van der Waals surface area contributed by atoms with Crippen LogP contribution in [0.4, 0.5) is 0 Å². The first kappa shape index (κ1) is 15.3. The van der Waals surface area contributed by atoms with Gasteiger partial charge in [-0.3, -0.25) is 4.79 Å². The lowest BCUT2D eigenvalue weighted by Gasteiger charge is -2.17. The standard InChI is InChI=1S/C12H16N2O4S/c13-9(6-19)11(16)14-10(12(17)18)5-7-1-3-8(15)4-2-7/h1-4,9-10,15,19H,5-6,13H2,(H,14,16)(H,17,18)/t9-,10-/m0/s1. The predicted octanol–water partition coefficient (Wildman–Crippen LogP) is -0.239. The number of carboxylic acid groups (broad SMARTS) is 1. The van der Waals surface area contributed by atoms with Crippen LogP contribution in [0.5, 0.6) is 5.75 Å². The number of rotatable bonds is 6. The molecule has 2 atom stereocenters. The van der Waals surface area contributed by atoms with Crippen molar-refractivity contribution in [2.45, 2.75) is 18.5 Å². The van der Waals surface area contributed by atoms with Crippen LogP contribution >= 0.6 is 12.6 Å². The number of hydrogen-bond acceptors (Lipinski definition) is 5. The number of aliphatic carboxylic acids is 1. The molecule has 0 radical (unpaired) electrons. The molecular formula is C12H16N2O4S. The van der Waals surface area contributed by atoms with Crippen LogP contribution in [0, 0.1) is 0 Å². The Morgan fingerprint density at radius 2 is 1.89 bits per heavy atom. The van der Waals surface area contributed by atoms with Crippen molar-refractivity contribution < 1.29 is 19.8 Å². The highest BCUT2D eigenvalue weighted by Crippen LogP contribution is 2.11. The zero-order valence-electron chi connectivity index (χ0n) is 10.1. The summed E-state index contributed by atoms with van der Waals surface area (Å²) in [4.78, 5) is 22.6. The number of carbonyl (C=O) groups excluding carboxylic acids is 1. The van der Waals surface area contributed by atoms with E-state index in [4.69, 9.17) is 15.9 Å². The summed E-state index contributed by atoms with van der Waals surface area (Å²) in [6.07, 6.45) is 0.112. The number of nitrogens with two attached hydrogens (primary N) is 1. The second-order valence-electron chi connectivity index (χ2n) is 4.06. The van der Waals surface area contributed by atoms with Gasteiger partial charge in [-0.1, -0.05) is 12.1 Å². The number of hydrogen-bond donors (Lipinski definition) is 5. The quantitative estimate of drug-likeness (QED) is 0.463. The van der Waals surface area contributed by atoms with Gasteiger partial charge in [0.1, 0.15) is 11.8 Å². The van der Waals surface area contributed by atoms with E-state index in [1.54, 1.807) is 12.1 Å². The lowest BCUT2D eigenvalue weighted by atomic mass is 10.1. The summed E-state index contributed by atoms with van der Waals surface area (Å²) in [5.74, 6) is -1.47. The monoisotopic (exact) mass is 284 g/mol. The van der Waals surface area contributed by atoms with E-state index >= 15 is 0 Å². The largest absolute Gasteiger partial charge is 0.508 e. The highest BCUT2D eigenvalue weighted by atomic mass is 32.1. The number of benzene rings is 1. The van der Waals surface area contributed by atoms with E-state index in [2.05, 4.69) is 17.9 Å². The van der Waals surface area contributed by atoms with Gasteiger partial charge in [-0.25, -0.2) is 4.79 Å². The molecule has 7 heteroatoms. The van der Waals surface area contributed by atoms with Crippen molar-refractivity contribution in [1.29, 1.82) is 0 Å². The Labute approximate surface area is 116 Å². The minimum absolute atomic E-state index is 0.0942. The first-order valence-corrected chi connectivity index (χ1v) is 6.24. The van der Waals surface area contributed by atoms with E-state index < -0.39 is 24.0 Å². The van der Waals surface area contributed by atoms with Crippen LogP contribution in [0.15, 0.2) is 24.3 Å². The van der Waals surface area contributed by atoms with Gasteiger partial charge in [-0.2, -0.15) is 12.6 Å². The topological polar surface area (TPSA) is 113 Å². The minimum Gasteiger partial charge on any atom is -0.508 e. The number of phenols is 1. The van der Waals surface area contributed by atoms with E-state index in [0.717, 1.165) is 0 Å². The van der Waals surface area contributed by atoms with E-state index in [9.17, 15) is 9.59 Å². The van der Waals surface area contributed by atoms with Crippen LogP contribution in [0.1, 0.15) is 5.56 Å². The van der Waals surface area contributed by atoms with Crippen molar-refractivity contribution in [3.63, 3.8) is 0 Å². The van der Waals surface area contributed by atoms with Crippen molar-refractivity contribution in [3.8, 4) is 5.75 Å². The molecule has 0 saturated carbocycles. The van der Waals surface area contributed by atoms with Crippen molar-refractivity contribution in [2.24, 2.45) is 5.73 Å². The molecule has 0 spiro atoms. The smallest absolute Gasteiger partial charge is 0.326 e. The fourth-order valence-corrected chi connectivity index (χ4v) is 1.60. The molecule has 1 rings (SSSR count). The van der Waals surface area contributed by atoms with Gasteiger partial charge in [0.15, 0.2) is 0 Å². The molecule has 0 saturated heterocycles. The number of carbonyl (C=O) groups is 2. The molecule has 0 unspecified atom stereocenters. The van der Waals surface area contributed by atoms with Crippen LogP contribution in [-0.4, -0.2) is 39.9 Å². The molecule has 0 aliphatic rings. The Morgan fingerprint density at radius 3 is 2.37 bits per heavy atom. The molecule has 1 aromatic rings. The van der Waals surface area contributed by atoms with Gasteiger partial charge in [0, 0.05) is 12.2 Å². The summed E-state index contributed by atoms with van der Waals surface area (Å²) >= 11 is 3.88. The van der Waals surface area contributed by atoms with Crippen molar-refractivity contribution >= 4 is 24.5 Å². The fourth-order valence-electron chi connectivity index (χ4n) is 1.43. The molecule has 0 bridgehead atoms. The second kappa shape index (κ2) is 7.01. The number of aromatic hydroxyl groups is 1. The highest BCUT2D eigenvalue weighted by Gasteiger charge is 2.22. The Balaban J connectivity index is 2.71. The SMILES string of the molecule is N[C@@H](CS)C(=O)N[C@@H](Cc1ccc(O)cc1)C(=O)O. The second-order valence-corrected chi connectivity index (χ2v) is 4.42. The van der Waals surface area contributed by atoms with E-state index in [-0.39, 0.29) is 17.9 Å². The number of phenolic OH excluding ortho intramolecular Hbond substituents is 1. The molecule has 0 aliphatic carbocycles. The van der Waals surface area contributed by atoms with Gasteiger partial charge in [0.25, 0.3) is 0 Å². The first-order valence-electron chi connectivity index (χ1n) is 5.61. The van der Waals surface area contributed by atoms with E-state index in [1.807, 2.05) is 0 Å². The van der Waals surface area contributed by atoms with Crippen LogP contribution in [0.25, 0.3) is 0 Å². The Bertz CT molecular complexity index is 450. The number of carboxylic acids is 1. The molecule has 0 fully saturated rings. The molecule has 1 aromatic carbocycles. The summed E-state index contributed by atoms with van der Waals surface area (Å²) in [6, 6.07) is 4.18. The number of amides is 1. The van der Waals surface area contributed by atoms with Crippen LogP contribution in [0.3, 0.4) is 0 Å². The van der Waals surface area contributed by atoms with E-state index in [1.165, 1.54) is 12.1 Å². The zero-order chi connectivity index (χ0) is 14.4. The fraction of sp³-hybridized carbons (Fsp3) is 0.333. The number of thiol groups is 1. The molecule has 6 nitrogen and oxygen atoms in total. The molecule has 19 heavy (non-hydrogen) atoms. The summed E-state index contributed by atoms with van der Waals surface area (Å²) in [6.45, 7) is 0. The summed E-state index contributed by atoms with van der Waals surface area (Å²) in [5.41, 5.74) is 6.15. The maximum Gasteiger partial charge on any atom is 0.326 e. The van der Waals surface area contributed by atoms with Gasteiger partial charge in [-0.05, 0) is 17.7 Å². The molecule has 1 amide bonds. The van der Waals surface area contributed by atoms with Gasteiger partial charge < -0.3 is 21.3 Å². The average molecular weight is 284 g/mol. The lowest BCUT2D eigenvalue weighted by Crippen LogP contribution is -2.50. The van der Waals surface area contributed by atoms with Crippen molar-refractivity contribution in [2.75, 3.05) is 5.75 Å². The molecule has 5 N–H and O–H groups in total. The lowest BCUT2D eigenvalue weighted by molar-refractivity contribution is -0.141. The third-order valence-electron chi connectivity index (χ3n) is 2.52. The Kier molecular flexibility index (Phi) is 5.65. The van der Waals surface area contributed by atoms with Gasteiger partial charge in [0.2, 0.25) is 5.91 Å². The van der Waals surface area contributed by atoms with Crippen LogP contribution in [-0.2, 0) is 16.0 Å². The van der Waals surface area contributed by atoms with Crippen LogP contribution in [0.2, 0.25) is 0 Å². The Morgan fingerprint density at radius 1 is 1.32 bits per heavy atom. The molecule has 0 aromatic heterocycles. The highest BCUT2D eigenvalue weighted by molar-refractivity contribution is 7.80. The van der Waals surface area contributed by atoms with Gasteiger partial charge >= 0.3 is 5.97 Å². The van der Waals surface area contributed by atoms with E-state index in [0.29, 0.717) is 5.56 Å². The summed E-state index contributed by atoms with van der Waals surface area (Å²) < 4.78 is 0. The summed E-state index contributed by atoms with van der Waals surface area (Å²) in [7, 11) is 0. The van der Waals surface area contributed by atoms with Crippen molar-refractivity contribution in [3.05, 3.63) is 29.8 Å². The molecule has 0 aliphatic heterocycles. The number of nitrogens with one attached hydrogen (secondary N) is 1. The first-order chi connectivity index (χ1) is 8.93. The third-order valence-corrected chi connectivity index (χ3v) is 2.92. The molecule has 104 valence electrons.